The summed E-state index contributed by atoms with van der Waals surface area (Å²) in [5.74, 6) is 0.0761. The lowest BCUT2D eigenvalue weighted by Crippen LogP contribution is -2.65. The zero-order valence-corrected chi connectivity index (χ0v) is 25.4. The van der Waals surface area contributed by atoms with E-state index in [1.165, 1.54) is 0 Å². The van der Waals surface area contributed by atoms with Crippen molar-refractivity contribution in [2.45, 2.75) is 118 Å². The number of hydrogen-bond acceptors (Lipinski definition) is 7. The van der Waals surface area contributed by atoms with Crippen molar-refractivity contribution in [1.29, 1.82) is 0 Å². The summed E-state index contributed by atoms with van der Waals surface area (Å²) in [5, 5.41) is 15.8. The lowest BCUT2D eigenvalue weighted by molar-refractivity contribution is -0.525. The molecule has 13 heteroatoms. The van der Waals surface area contributed by atoms with E-state index in [0.29, 0.717) is 24.7 Å². The molecular weight excluding hydrogens is 515 g/mol. The number of carbonyl (C=O) groups excluding carboxylic acids is 2. The highest BCUT2D eigenvalue weighted by molar-refractivity contribution is 6.48. The van der Waals surface area contributed by atoms with Gasteiger partial charge >= 0.3 is 7.12 Å². The van der Waals surface area contributed by atoms with E-state index in [0.717, 1.165) is 12.8 Å². The minimum Gasteiger partial charge on any atom is -0.404 e. The fourth-order valence-electron chi connectivity index (χ4n) is 6.72. The highest BCUT2D eigenvalue weighted by atomic mass is 16.7. The molecule has 12 nitrogen and oxygen atoms in total. The first-order chi connectivity index (χ1) is 18.4. The Kier molecular flexibility index (Phi) is 9.81. The minimum absolute atomic E-state index is 0.000722. The van der Waals surface area contributed by atoms with Gasteiger partial charge in [-0.2, -0.15) is 0 Å². The zero-order valence-electron chi connectivity index (χ0n) is 25.4. The highest BCUT2D eigenvalue weighted by Crippen LogP contribution is 2.65. The molecule has 2 amide bonds. The van der Waals surface area contributed by atoms with Gasteiger partial charge in [0.2, 0.25) is 11.8 Å². The first-order valence-electron chi connectivity index (χ1n) is 14.6. The molecule has 1 heterocycles. The third-order valence-electron chi connectivity index (χ3n) is 8.83. The Morgan fingerprint density at radius 1 is 1.20 bits per heavy atom. The lowest BCUT2D eigenvalue weighted by atomic mass is 9.43. The monoisotopic (exact) mass is 564 g/mol. The number of nitrogens with one attached hydrogen (secondary N) is 3. The molecule has 0 spiro atoms. The number of rotatable bonds is 12. The standard InChI is InChI=1S/C27H49BN6O6/c1-16(2)12-21(28-39-20-14-17-13-19(26(17,6)7)27(20,8)40-28)32-23(36)18(31-22(35)15-25(3,4)5)10-9-11-30-24(29)33-34(37)38/h16-21H,9-15H2,1-8H3,(H,31,35)(H,32,36)(H3,29,30,33)/t17-,18+,19-,20-,21+,27+/m1/s1. The normalized spacial score (nSPS) is 28.8. The Morgan fingerprint density at radius 3 is 2.45 bits per heavy atom. The molecule has 4 aliphatic rings. The summed E-state index contributed by atoms with van der Waals surface area (Å²) in [7, 11) is -0.569. The van der Waals surface area contributed by atoms with Crippen LogP contribution in [0.5, 0.6) is 0 Å². The minimum atomic E-state index is -0.810. The van der Waals surface area contributed by atoms with E-state index >= 15 is 0 Å². The van der Waals surface area contributed by atoms with Crippen LogP contribution < -0.4 is 21.8 Å². The first-order valence-corrected chi connectivity index (χ1v) is 14.6. The van der Waals surface area contributed by atoms with Gasteiger partial charge in [0.05, 0.1) is 17.6 Å². The van der Waals surface area contributed by atoms with Gasteiger partial charge in [-0.05, 0) is 67.6 Å². The van der Waals surface area contributed by atoms with Crippen LogP contribution in [0.4, 0.5) is 0 Å². The fraction of sp³-hybridized carbons (Fsp3) is 0.889. The molecule has 0 aromatic rings. The summed E-state index contributed by atoms with van der Waals surface area (Å²) in [5.41, 5.74) is 6.87. The summed E-state index contributed by atoms with van der Waals surface area (Å²) in [6, 6.07) is -0.810. The van der Waals surface area contributed by atoms with Crippen molar-refractivity contribution in [3.05, 3.63) is 10.1 Å². The molecule has 0 aromatic carbocycles. The summed E-state index contributed by atoms with van der Waals surface area (Å²) >= 11 is 0. The Bertz CT molecular complexity index is 985. The predicted molar refractivity (Wildman–Crippen MR) is 153 cm³/mol. The van der Waals surface area contributed by atoms with Gasteiger partial charge in [-0.15, -0.1) is 0 Å². The summed E-state index contributed by atoms with van der Waals surface area (Å²) in [6.07, 6.45) is 3.69. The van der Waals surface area contributed by atoms with E-state index in [1.807, 2.05) is 20.8 Å². The van der Waals surface area contributed by atoms with E-state index in [1.54, 1.807) is 5.43 Å². The molecule has 1 aliphatic heterocycles. The Labute approximate surface area is 238 Å². The topological polar surface area (TPSA) is 170 Å². The quantitative estimate of drug-likeness (QED) is 0.0700. The molecule has 4 rings (SSSR count). The average Bonchev–Trinajstić information content (AvgIpc) is 3.15. The number of nitro groups is 1. The van der Waals surface area contributed by atoms with E-state index in [9.17, 15) is 19.7 Å². The van der Waals surface area contributed by atoms with E-state index in [-0.39, 0.29) is 71.6 Å². The highest BCUT2D eigenvalue weighted by Gasteiger charge is 2.68. The van der Waals surface area contributed by atoms with Crippen LogP contribution in [0.2, 0.25) is 0 Å². The molecule has 1 saturated heterocycles. The SMILES string of the molecule is CC(C)C[C@H](NC(=O)[C@H](CCCN=C(N)N[N+](=O)[O-])NC(=O)CC(C)(C)C)B1O[C@@H]2C[C@H]3C[C@H](C3(C)C)[C@]2(C)O1. The number of nitrogens with two attached hydrogens (primary N) is 1. The lowest BCUT2D eigenvalue weighted by Gasteiger charge is -2.64. The van der Waals surface area contributed by atoms with Crippen LogP contribution in [0, 0.1) is 38.7 Å². The molecule has 5 N–H and O–H groups in total. The molecule has 0 radical (unpaired) electrons. The van der Waals surface area contributed by atoms with Gasteiger partial charge in [0.1, 0.15) is 6.04 Å². The van der Waals surface area contributed by atoms with Gasteiger partial charge in [0, 0.05) is 13.0 Å². The number of hydrogen-bond donors (Lipinski definition) is 4. The molecular formula is C27H49BN6O6. The van der Waals surface area contributed by atoms with E-state index in [2.05, 4.69) is 50.2 Å². The molecule has 3 aliphatic carbocycles. The first kappa shape index (κ1) is 32.1. The molecule has 6 atom stereocenters. The second-order valence-electron chi connectivity index (χ2n) is 14.2. The van der Waals surface area contributed by atoms with Crippen molar-refractivity contribution in [1.82, 2.24) is 16.1 Å². The van der Waals surface area contributed by atoms with E-state index < -0.39 is 18.2 Å². The molecule has 0 unspecified atom stereocenters. The molecule has 0 aromatic heterocycles. The van der Waals surface area contributed by atoms with Crippen LogP contribution in [0.15, 0.2) is 4.99 Å². The second-order valence-corrected chi connectivity index (χ2v) is 14.2. The maximum Gasteiger partial charge on any atom is 0.481 e. The zero-order chi connectivity index (χ0) is 30.0. The van der Waals surface area contributed by atoms with Gasteiger partial charge < -0.3 is 25.7 Å². The van der Waals surface area contributed by atoms with Crippen LogP contribution in [0.3, 0.4) is 0 Å². The summed E-state index contributed by atoms with van der Waals surface area (Å²) in [4.78, 5) is 40.9. The molecule has 3 saturated carbocycles. The largest absolute Gasteiger partial charge is 0.481 e. The number of amides is 2. The van der Waals surface area contributed by atoms with Gasteiger partial charge in [-0.25, -0.2) is 15.1 Å². The van der Waals surface area contributed by atoms with Crippen molar-refractivity contribution in [2.75, 3.05) is 6.54 Å². The van der Waals surface area contributed by atoms with Crippen LogP contribution in [-0.4, -0.2) is 60.2 Å². The Morgan fingerprint density at radius 2 is 1.88 bits per heavy atom. The molecule has 226 valence electrons. The van der Waals surface area contributed by atoms with Crippen molar-refractivity contribution < 1.29 is 23.9 Å². The van der Waals surface area contributed by atoms with Crippen molar-refractivity contribution in [3.8, 4) is 0 Å². The van der Waals surface area contributed by atoms with Crippen LogP contribution in [-0.2, 0) is 18.9 Å². The van der Waals surface area contributed by atoms with Crippen LogP contribution in [0.1, 0.15) is 93.9 Å². The Balaban J connectivity index is 1.70. The van der Waals surface area contributed by atoms with Gasteiger partial charge in [-0.1, -0.05) is 53.9 Å². The number of guanidine groups is 1. The van der Waals surface area contributed by atoms with Crippen LogP contribution in [0.25, 0.3) is 0 Å². The van der Waals surface area contributed by atoms with Crippen molar-refractivity contribution >= 4 is 24.9 Å². The number of carbonyl (C=O) groups is 2. The van der Waals surface area contributed by atoms with Crippen molar-refractivity contribution in [2.24, 2.45) is 39.3 Å². The number of hydrazine groups is 1. The van der Waals surface area contributed by atoms with Gasteiger partial charge in [-0.3, -0.25) is 9.59 Å². The van der Waals surface area contributed by atoms with Gasteiger partial charge in [0.25, 0.3) is 5.96 Å². The average molecular weight is 565 g/mol. The smallest absolute Gasteiger partial charge is 0.404 e. The summed E-state index contributed by atoms with van der Waals surface area (Å²) < 4.78 is 13.2. The fourth-order valence-corrected chi connectivity index (χ4v) is 6.72. The number of aliphatic imine (C=N–C) groups is 1. The second kappa shape index (κ2) is 12.2. The maximum absolute atomic E-state index is 13.6. The predicted octanol–water partition coefficient (Wildman–Crippen LogP) is 2.58. The third-order valence-corrected chi connectivity index (χ3v) is 8.83. The molecule has 40 heavy (non-hydrogen) atoms. The van der Waals surface area contributed by atoms with Gasteiger partial charge in [0.15, 0.2) is 5.03 Å². The van der Waals surface area contributed by atoms with Crippen molar-refractivity contribution in [3.63, 3.8) is 0 Å². The molecule has 2 bridgehead atoms. The van der Waals surface area contributed by atoms with Crippen LogP contribution >= 0.6 is 0 Å². The maximum atomic E-state index is 13.6. The number of nitrogens with zero attached hydrogens (tertiary/aromatic N) is 2. The Hall–Kier alpha value is -2.41. The third kappa shape index (κ3) is 7.66. The summed E-state index contributed by atoms with van der Waals surface area (Å²) in [6.45, 7) is 17.0. The molecule has 4 fully saturated rings. The van der Waals surface area contributed by atoms with E-state index in [4.69, 9.17) is 15.0 Å².